The van der Waals surface area contributed by atoms with Crippen LogP contribution in [-0.2, 0) is 9.59 Å². The number of carbonyl (C=O) groups is 3. The standard InChI is InChI=1S/C18H24N4O5/c1-11(17(24)22-8-7-19-18(22)25)20-13-5-6-14(26-2)15(9-13)27-10-16(23)21-12-3-4-12/h5-6,9,11-12,20H,3-4,7-8,10H2,1-2H3,(H,19,25)(H,21,23)/t11-/m0/s1. The number of nitrogens with zero attached hydrogens (tertiary/aromatic N) is 1. The predicted molar refractivity (Wildman–Crippen MR) is 97.9 cm³/mol. The van der Waals surface area contributed by atoms with E-state index in [2.05, 4.69) is 16.0 Å². The predicted octanol–water partition coefficient (Wildman–Crippen LogP) is 0.705. The van der Waals surface area contributed by atoms with E-state index >= 15 is 0 Å². The minimum Gasteiger partial charge on any atom is -0.493 e. The van der Waals surface area contributed by atoms with E-state index in [1.54, 1.807) is 25.1 Å². The fraction of sp³-hybridized carbons (Fsp3) is 0.500. The molecule has 2 aliphatic rings. The highest BCUT2D eigenvalue weighted by Gasteiger charge is 2.29. The lowest BCUT2D eigenvalue weighted by atomic mass is 10.2. The topological polar surface area (TPSA) is 109 Å². The summed E-state index contributed by atoms with van der Waals surface area (Å²) in [4.78, 5) is 37.0. The van der Waals surface area contributed by atoms with Crippen LogP contribution >= 0.6 is 0 Å². The molecule has 1 atom stereocenters. The molecule has 4 amide bonds. The summed E-state index contributed by atoms with van der Waals surface area (Å²) in [6.45, 7) is 2.39. The van der Waals surface area contributed by atoms with Crippen molar-refractivity contribution in [3.63, 3.8) is 0 Å². The lowest BCUT2D eigenvalue weighted by Gasteiger charge is -2.20. The molecule has 1 aliphatic heterocycles. The van der Waals surface area contributed by atoms with E-state index in [1.807, 2.05) is 0 Å². The van der Waals surface area contributed by atoms with Crippen molar-refractivity contribution in [3.05, 3.63) is 18.2 Å². The van der Waals surface area contributed by atoms with E-state index in [9.17, 15) is 14.4 Å². The first-order valence-electron chi connectivity index (χ1n) is 8.94. The number of anilines is 1. The largest absolute Gasteiger partial charge is 0.493 e. The third kappa shape index (κ3) is 4.81. The van der Waals surface area contributed by atoms with Crippen molar-refractivity contribution in [1.29, 1.82) is 0 Å². The zero-order valence-electron chi connectivity index (χ0n) is 15.4. The first kappa shape index (κ1) is 18.8. The van der Waals surface area contributed by atoms with Crippen LogP contribution in [0.3, 0.4) is 0 Å². The average molecular weight is 376 g/mol. The van der Waals surface area contributed by atoms with Gasteiger partial charge in [-0.15, -0.1) is 0 Å². The first-order valence-corrected chi connectivity index (χ1v) is 8.94. The number of imide groups is 1. The summed E-state index contributed by atoms with van der Waals surface area (Å²) in [7, 11) is 1.51. The second-order valence-corrected chi connectivity index (χ2v) is 6.58. The van der Waals surface area contributed by atoms with E-state index in [0.717, 1.165) is 12.8 Å². The quantitative estimate of drug-likeness (QED) is 0.616. The number of carbonyl (C=O) groups excluding carboxylic acids is 3. The number of hydrogen-bond donors (Lipinski definition) is 3. The van der Waals surface area contributed by atoms with Gasteiger partial charge in [-0.25, -0.2) is 4.79 Å². The van der Waals surface area contributed by atoms with Gasteiger partial charge < -0.3 is 25.4 Å². The highest BCUT2D eigenvalue weighted by atomic mass is 16.5. The molecule has 0 bridgehead atoms. The third-order valence-corrected chi connectivity index (χ3v) is 4.34. The molecule has 1 heterocycles. The van der Waals surface area contributed by atoms with Crippen molar-refractivity contribution in [2.45, 2.75) is 31.8 Å². The Morgan fingerprint density at radius 3 is 2.74 bits per heavy atom. The van der Waals surface area contributed by atoms with Crippen molar-refractivity contribution in [1.82, 2.24) is 15.5 Å². The molecule has 1 aromatic carbocycles. The monoisotopic (exact) mass is 376 g/mol. The summed E-state index contributed by atoms with van der Waals surface area (Å²) in [6.07, 6.45) is 2.02. The second kappa shape index (κ2) is 8.15. The van der Waals surface area contributed by atoms with Gasteiger partial charge in [0.1, 0.15) is 6.04 Å². The van der Waals surface area contributed by atoms with Gasteiger partial charge in [-0.3, -0.25) is 14.5 Å². The van der Waals surface area contributed by atoms with Crippen LogP contribution in [0.4, 0.5) is 10.5 Å². The van der Waals surface area contributed by atoms with Crippen LogP contribution in [0.1, 0.15) is 19.8 Å². The number of hydrogen-bond acceptors (Lipinski definition) is 6. The Labute approximate surface area is 157 Å². The van der Waals surface area contributed by atoms with Crippen LogP contribution < -0.4 is 25.4 Å². The minimum atomic E-state index is -0.603. The Kier molecular flexibility index (Phi) is 5.68. The van der Waals surface area contributed by atoms with Crippen LogP contribution in [0.25, 0.3) is 0 Å². The van der Waals surface area contributed by atoms with Gasteiger partial charge >= 0.3 is 6.03 Å². The summed E-state index contributed by atoms with van der Waals surface area (Å²) < 4.78 is 10.8. The van der Waals surface area contributed by atoms with Gasteiger partial charge in [0.15, 0.2) is 18.1 Å². The lowest BCUT2D eigenvalue weighted by molar-refractivity contribution is -0.128. The van der Waals surface area contributed by atoms with E-state index in [4.69, 9.17) is 9.47 Å². The van der Waals surface area contributed by atoms with E-state index in [-0.39, 0.29) is 30.5 Å². The smallest absolute Gasteiger partial charge is 0.324 e. The molecular formula is C18H24N4O5. The normalized spacial score (nSPS) is 17.1. The molecule has 3 N–H and O–H groups in total. The molecule has 0 radical (unpaired) electrons. The van der Waals surface area contributed by atoms with Crippen molar-refractivity contribution < 1.29 is 23.9 Å². The zero-order valence-corrected chi connectivity index (χ0v) is 15.4. The molecule has 2 fully saturated rings. The number of benzene rings is 1. The SMILES string of the molecule is COc1ccc(N[C@@H](C)C(=O)N2CCNC2=O)cc1OCC(=O)NC1CC1. The summed E-state index contributed by atoms with van der Waals surface area (Å²) in [5.41, 5.74) is 0.619. The number of methoxy groups -OCH3 is 1. The van der Waals surface area contributed by atoms with Crippen molar-refractivity contribution in [2.24, 2.45) is 0 Å². The average Bonchev–Trinajstić information content (AvgIpc) is 3.36. The Hall–Kier alpha value is -2.97. The summed E-state index contributed by atoms with van der Waals surface area (Å²) in [5, 5.41) is 8.51. The fourth-order valence-electron chi connectivity index (χ4n) is 2.75. The minimum absolute atomic E-state index is 0.112. The molecule has 0 spiro atoms. The van der Waals surface area contributed by atoms with Crippen molar-refractivity contribution in [2.75, 3.05) is 32.1 Å². The summed E-state index contributed by atoms with van der Waals surface area (Å²) >= 11 is 0. The van der Waals surface area contributed by atoms with Crippen LogP contribution in [0.5, 0.6) is 11.5 Å². The summed E-state index contributed by atoms with van der Waals surface area (Å²) in [5.74, 6) is 0.387. The second-order valence-electron chi connectivity index (χ2n) is 6.58. The Morgan fingerprint density at radius 1 is 1.33 bits per heavy atom. The molecule has 0 aromatic heterocycles. The third-order valence-electron chi connectivity index (χ3n) is 4.34. The van der Waals surface area contributed by atoms with Crippen molar-refractivity contribution >= 4 is 23.5 Å². The van der Waals surface area contributed by atoms with Crippen molar-refractivity contribution in [3.8, 4) is 11.5 Å². The van der Waals surface area contributed by atoms with Gasteiger partial charge in [-0.1, -0.05) is 0 Å². The molecule has 1 aromatic rings. The zero-order chi connectivity index (χ0) is 19.4. The number of amides is 4. The molecular weight excluding hydrogens is 352 g/mol. The molecule has 1 saturated carbocycles. The molecule has 9 nitrogen and oxygen atoms in total. The lowest BCUT2D eigenvalue weighted by Crippen LogP contribution is -2.43. The number of nitrogens with one attached hydrogen (secondary N) is 3. The van der Waals surface area contributed by atoms with Crippen LogP contribution in [0, 0.1) is 0 Å². The molecule has 1 saturated heterocycles. The highest BCUT2D eigenvalue weighted by molar-refractivity contribution is 5.99. The molecule has 9 heteroatoms. The molecule has 0 unspecified atom stereocenters. The maximum atomic E-state index is 12.4. The van der Waals surface area contributed by atoms with E-state index in [0.29, 0.717) is 30.3 Å². The number of ether oxygens (including phenoxy) is 2. The van der Waals surface area contributed by atoms with E-state index in [1.165, 1.54) is 12.0 Å². The fourth-order valence-corrected chi connectivity index (χ4v) is 2.75. The Morgan fingerprint density at radius 2 is 2.11 bits per heavy atom. The molecule has 146 valence electrons. The van der Waals surface area contributed by atoms with Gasteiger partial charge in [0, 0.05) is 30.9 Å². The number of rotatable bonds is 8. The maximum absolute atomic E-state index is 12.4. The molecule has 3 rings (SSSR count). The molecule has 27 heavy (non-hydrogen) atoms. The Bertz CT molecular complexity index is 734. The maximum Gasteiger partial charge on any atom is 0.324 e. The van der Waals surface area contributed by atoms with Gasteiger partial charge in [0.05, 0.1) is 7.11 Å². The van der Waals surface area contributed by atoms with Crippen LogP contribution in [-0.4, -0.2) is 61.6 Å². The van der Waals surface area contributed by atoms with Gasteiger partial charge in [-0.05, 0) is 31.9 Å². The number of urea groups is 1. The van der Waals surface area contributed by atoms with Gasteiger partial charge in [0.25, 0.3) is 11.8 Å². The van der Waals surface area contributed by atoms with Crippen LogP contribution in [0.15, 0.2) is 18.2 Å². The summed E-state index contributed by atoms with van der Waals surface area (Å²) in [6, 6.07) is 4.38. The van der Waals surface area contributed by atoms with Crippen LogP contribution in [0.2, 0.25) is 0 Å². The highest BCUT2D eigenvalue weighted by Crippen LogP contribution is 2.30. The Balaban J connectivity index is 1.61. The van der Waals surface area contributed by atoms with Gasteiger partial charge in [-0.2, -0.15) is 0 Å². The van der Waals surface area contributed by atoms with Gasteiger partial charge in [0.2, 0.25) is 0 Å². The molecule has 1 aliphatic carbocycles. The van der Waals surface area contributed by atoms with E-state index < -0.39 is 6.04 Å². The first-order chi connectivity index (χ1) is 13.0.